The zero-order valence-corrected chi connectivity index (χ0v) is 13.2. The summed E-state index contributed by atoms with van der Waals surface area (Å²) in [4.78, 5) is 23.7. The Balaban J connectivity index is 2.64. The number of rotatable bonds is 6. The molecule has 116 valence electrons. The molecule has 0 radical (unpaired) electrons. The Labute approximate surface area is 123 Å². The van der Waals surface area contributed by atoms with Crippen LogP contribution in [-0.4, -0.2) is 44.2 Å². The molecule has 1 rings (SSSR count). The summed E-state index contributed by atoms with van der Waals surface area (Å²) < 4.78 is 47.2. The average molecular weight is 348 g/mol. The van der Waals surface area contributed by atoms with E-state index in [9.17, 15) is 26.4 Å². The Morgan fingerprint density at radius 3 is 2.30 bits per heavy atom. The van der Waals surface area contributed by atoms with E-state index in [2.05, 4.69) is 3.63 Å². The van der Waals surface area contributed by atoms with Crippen molar-refractivity contribution in [1.29, 1.82) is 0 Å². The lowest BCUT2D eigenvalue weighted by Gasteiger charge is -2.21. The van der Waals surface area contributed by atoms with E-state index in [1.807, 2.05) is 0 Å². The fourth-order valence-electron chi connectivity index (χ4n) is 1.90. The normalized spacial score (nSPS) is 22.8. The number of amides is 1. The van der Waals surface area contributed by atoms with Crippen LogP contribution in [0.15, 0.2) is 0 Å². The Morgan fingerprint density at radius 2 is 1.90 bits per heavy atom. The van der Waals surface area contributed by atoms with Gasteiger partial charge in [0, 0.05) is 11.8 Å². The Kier molecular flexibility index (Phi) is 5.17. The Morgan fingerprint density at radius 1 is 1.35 bits per heavy atom. The van der Waals surface area contributed by atoms with Crippen LogP contribution in [-0.2, 0) is 34.3 Å². The minimum Gasteiger partial charge on any atom is -0.296 e. The van der Waals surface area contributed by atoms with Crippen LogP contribution in [0.4, 0.5) is 0 Å². The van der Waals surface area contributed by atoms with Crippen molar-refractivity contribution >= 4 is 44.6 Å². The summed E-state index contributed by atoms with van der Waals surface area (Å²) in [5.74, 6) is -2.60. The van der Waals surface area contributed by atoms with Gasteiger partial charge in [-0.05, 0) is 26.7 Å². The van der Waals surface area contributed by atoms with Gasteiger partial charge in [0.2, 0.25) is 5.91 Å². The molecule has 0 aromatic carbocycles. The summed E-state index contributed by atoms with van der Waals surface area (Å²) >= 11 is 5.72. The molecule has 1 unspecified atom stereocenters. The zero-order chi connectivity index (χ0) is 15.7. The van der Waals surface area contributed by atoms with Crippen LogP contribution in [0.2, 0.25) is 0 Å². The number of nitrogens with zero attached hydrogens (tertiary/aromatic N) is 1. The van der Waals surface area contributed by atoms with Crippen LogP contribution in [0.5, 0.6) is 0 Å². The van der Waals surface area contributed by atoms with Crippen LogP contribution >= 0.6 is 11.8 Å². The molecule has 0 aromatic rings. The van der Waals surface area contributed by atoms with E-state index >= 15 is 0 Å². The van der Waals surface area contributed by atoms with Gasteiger partial charge in [0.25, 0.3) is 21.1 Å². The van der Waals surface area contributed by atoms with Crippen LogP contribution in [0, 0.1) is 5.92 Å². The minimum absolute atomic E-state index is 0.0391. The lowest BCUT2D eigenvalue weighted by atomic mass is 9.92. The molecule has 1 fully saturated rings. The van der Waals surface area contributed by atoms with E-state index in [0.29, 0.717) is 0 Å². The third-order valence-electron chi connectivity index (χ3n) is 2.96. The zero-order valence-electron chi connectivity index (χ0n) is 10.7. The molecule has 1 atom stereocenters. The second kappa shape index (κ2) is 5.96. The summed E-state index contributed by atoms with van der Waals surface area (Å²) in [7, 11) is -7.72. The highest BCUT2D eigenvalue weighted by atomic mass is 35.5. The minimum atomic E-state index is -4.22. The van der Waals surface area contributed by atoms with Gasteiger partial charge < -0.3 is 0 Å². The molecule has 0 N–H and O–H groups in total. The second-order valence-electron chi connectivity index (χ2n) is 4.80. The van der Waals surface area contributed by atoms with E-state index < -0.39 is 50.0 Å². The molecule has 1 amide bonds. The first kappa shape index (κ1) is 17.3. The maximum Gasteiger partial charge on any atom is 0.281 e. The molecule has 0 aromatic heterocycles. The average Bonchev–Trinajstić information content (AvgIpc) is 2.42. The van der Waals surface area contributed by atoms with Crippen LogP contribution in [0.25, 0.3) is 0 Å². The first-order valence-electron chi connectivity index (χ1n) is 5.60. The lowest BCUT2D eigenvalue weighted by molar-refractivity contribution is -0.129. The highest BCUT2D eigenvalue weighted by molar-refractivity contribution is 7.93. The Bertz CT molecular complexity index is 587. The summed E-state index contributed by atoms with van der Waals surface area (Å²) in [6.07, 6.45) is -0.128. The predicted molar refractivity (Wildman–Crippen MR) is 69.7 cm³/mol. The summed E-state index contributed by atoms with van der Waals surface area (Å²) in [6, 6.07) is 0. The van der Waals surface area contributed by atoms with E-state index in [1.165, 1.54) is 13.8 Å². The molecule has 0 bridgehead atoms. The van der Waals surface area contributed by atoms with Gasteiger partial charge in [0.1, 0.15) is 11.5 Å². The molecule has 0 spiro atoms. The van der Waals surface area contributed by atoms with Gasteiger partial charge in [-0.1, -0.05) is 0 Å². The number of hydrogen-bond donors (Lipinski definition) is 1. The van der Waals surface area contributed by atoms with E-state index in [1.54, 1.807) is 0 Å². The van der Waals surface area contributed by atoms with Gasteiger partial charge in [-0.3, -0.25) is 9.59 Å². The molecular formula is C9H14ClNO7S2. The first-order valence-corrected chi connectivity index (χ1v) is 8.61. The van der Waals surface area contributed by atoms with Crippen molar-refractivity contribution < 1.29 is 30.1 Å². The predicted octanol–water partition coefficient (Wildman–Crippen LogP) is -0.401. The summed E-state index contributed by atoms with van der Waals surface area (Å²) in [5.41, 5.74) is -1.14. The fourth-order valence-corrected chi connectivity index (χ4v) is 3.66. The van der Waals surface area contributed by atoms with Gasteiger partial charge >= 0.3 is 0 Å². The second-order valence-corrected chi connectivity index (χ2v) is 7.70. The monoisotopic (exact) mass is 347 g/mol. The number of carbonyl (C=O) groups is 2. The third-order valence-corrected chi connectivity index (χ3v) is 5.74. The number of ketones is 1. The quantitative estimate of drug-likeness (QED) is 0.395. The van der Waals surface area contributed by atoms with Crippen molar-refractivity contribution in [3.8, 4) is 0 Å². The maximum atomic E-state index is 12.0. The number of thiol groups is 1. The lowest BCUT2D eigenvalue weighted by Crippen LogP contribution is -2.38. The van der Waals surface area contributed by atoms with Crippen molar-refractivity contribution in [2.75, 3.05) is 5.75 Å². The summed E-state index contributed by atoms with van der Waals surface area (Å²) in [6.45, 7) is 2.98. The third kappa shape index (κ3) is 3.68. The molecule has 0 saturated carbocycles. The van der Waals surface area contributed by atoms with Crippen molar-refractivity contribution in [3.05, 3.63) is 0 Å². The van der Waals surface area contributed by atoms with Crippen LogP contribution in [0.1, 0.15) is 26.7 Å². The highest BCUT2D eigenvalue weighted by Crippen LogP contribution is 2.34. The van der Waals surface area contributed by atoms with Crippen molar-refractivity contribution in [3.63, 3.8) is 0 Å². The number of Topliss-reactive ketones (excluding diaryl/α,β-unsaturated/α-hetero) is 1. The van der Waals surface area contributed by atoms with Gasteiger partial charge in [0.15, 0.2) is 5.78 Å². The first-order chi connectivity index (χ1) is 8.99. The molecule has 11 heteroatoms. The molecule has 0 aliphatic carbocycles. The number of halogens is 1. The molecule has 1 saturated heterocycles. The van der Waals surface area contributed by atoms with Gasteiger partial charge in [0.05, 0.1) is 5.75 Å². The largest absolute Gasteiger partial charge is 0.296 e. The van der Waals surface area contributed by atoms with Gasteiger partial charge in [-0.15, -0.1) is 3.63 Å². The topological polar surface area (TPSA) is 115 Å². The van der Waals surface area contributed by atoms with Gasteiger partial charge in [-0.25, -0.2) is 12.8 Å². The van der Waals surface area contributed by atoms with Crippen LogP contribution < -0.4 is 0 Å². The smallest absolute Gasteiger partial charge is 0.281 e. The molecule has 1 aliphatic heterocycles. The van der Waals surface area contributed by atoms with E-state index in [4.69, 9.17) is 11.8 Å². The van der Waals surface area contributed by atoms with Crippen LogP contribution in [0.3, 0.4) is 0 Å². The van der Waals surface area contributed by atoms with Crippen molar-refractivity contribution in [1.82, 2.24) is 4.42 Å². The molecule has 1 aliphatic rings. The maximum absolute atomic E-state index is 12.0. The van der Waals surface area contributed by atoms with E-state index in [-0.39, 0.29) is 12.8 Å². The van der Waals surface area contributed by atoms with E-state index in [0.717, 1.165) is 4.42 Å². The molecule has 8 nitrogen and oxygen atoms in total. The van der Waals surface area contributed by atoms with Gasteiger partial charge in [-0.2, -0.15) is 8.42 Å². The molecular weight excluding hydrogens is 334 g/mol. The van der Waals surface area contributed by atoms with Crippen molar-refractivity contribution in [2.24, 2.45) is 5.92 Å². The molecule has 1 heterocycles. The molecule has 20 heavy (non-hydrogen) atoms. The standard InChI is InChI=1S/C9H14ClNO7S2/c1-9(2)7(12)6(8(13)11(9)10)4-3-5-20(16,17)18-19(14)15/h6,19H,3-5H2,1-2H3. The number of hydrogen-bond acceptors (Lipinski definition) is 7. The summed E-state index contributed by atoms with van der Waals surface area (Å²) in [5, 5.41) is 0. The Hall–Kier alpha value is -0.710. The highest BCUT2D eigenvalue weighted by Gasteiger charge is 2.52. The SMILES string of the molecule is CC1(C)C(=O)C(CCCS(=O)(=O)O[SH](=O)=O)C(=O)N1Cl. The fraction of sp³-hybridized carbons (Fsp3) is 0.778. The van der Waals surface area contributed by atoms with Crippen molar-refractivity contribution in [2.45, 2.75) is 32.2 Å². The number of carbonyl (C=O) groups excluding carboxylic acids is 2.